The van der Waals surface area contributed by atoms with Crippen LogP contribution in [0.15, 0.2) is 18.2 Å². The molecule has 1 saturated carbocycles. The van der Waals surface area contributed by atoms with Crippen LogP contribution in [0.25, 0.3) is 0 Å². The standard InChI is InChI=1S/C14H17N3O5/c1-8(9-2-3-9)16-13(18)7-22-14(19)10-4-5-11(15)12(6-10)17(20)21/h4-6,8-9H,2-3,7,15H2,1H3,(H,16,18)/t8-/m0/s1. The lowest BCUT2D eigenvalue weighted by Crippen LogP contribution is -2.37. The molecular weight excluding hydrogens is 290 g/mol. The molecule has 0 aliphatic heterocycles. The molecule has 0 aromatic heterocycles. The number of amides is 1. The Morgan fingerprint density at radius 1 is 1.50 bits per heavy atom. The number of hydrogen-bond donors (Lipinski definition) is 2. The van der Waals surface area contributed by atoms with Crippen LogP contribution in [0.4, 0.5) is 11.4 Å². The van der Waals surface area contributed by atoms with Crippen LogP contribution in [-0.4, -0.2) is 29.4 Å². The van der Waals surface area contributed by atoms with Crippen LogP contribution >= 0.6 is 0 Å². The van der Waals surface area contributed by atoms with Gasteiger partial charge in [0.15, 0.2) is 6.61 Å². The van der Waals surface area contributed by atoms with E-state index in [9.17, 15) is 19.7 Å². The zero-order chi connectivity index (χ0) is 16.3. The van der Waals surface area contributed by atoms with Gasteiger partial charge in [-0.15, -0.1) is 0 Å². The summed E-state index contributed by atoms with van der Waals surface area (Å²) in [7, 11) is 0. The fourth-order valence-corrected chi connectivity index (χ4v) is 2.05. The average molecular weight is 307 g/mol. The van der Waals surface area contributed by atoms with Crippen molar-refractivity contribution in [1.29, 1.82) is 0 Å². The molecule has 1 aromatic carbocycles. The molecule has 0 radical (unpaired) electrons. The molecule has 22 heavy (non-hydrogen) atoms. The van der Waals surface area contributed by atoms with E-state index < -0.39 is 23.4 Å². The molecule has 0 spiro atoms. The first kappa shape index (κ1) is 15.7. The summed E-state index contributed by atoms with van der Waals surface area (Å²) in [6.07, 6.45) is 2.19. The number of anilines is 1. The SMILES string of the molecule is C[C@H](NC(=O)COC(=O)c1ccc(N)c([N+](=O)[O-])c1)C1CC1. The maximum absolute atomic E-state index is 11.8. The van der Waals surface area contributed by atoms with Crippen LogP contribution in [-0.2, 0) is 9.53 Å². The van der Waals surface area contributed by atoms with E-state index in [4.69, 9.17) is 10.5 Å². The number of rotatable bonds is 6. The Morgan fingerprint density at radius 3 is 2.77 bits per heavy atom. The average Bonchev–Trinajstić information content (AvgIpc) is 3.29. The molecule has 1 atom stereocenters. The number of nitrogens with zero attached hydrogens (tertiary/aromatic N) is 1. The maximum Gasteiger partial charge on any atom is 0.338 e. The van der Waals surface area contributed by atoms with Crippen molar-refractivity contribution in [2.45, 2.75) is 25.8 Å². The van der Waals surface area contributed by atoms with Gasteiger partial charge in [-0.05, 0) is 37.8 Å². The quantitative estimate of drug-likeness (QED) is 0.352. The third-order valence-electron chi connectivity index (χ3n) is 3.51. The van der Waals surface area contributed by atoms with Gasteiger partial charge < -0.3 is 15.8 Å². The Balaban J connectivity index is 1.90. The first-order chi connectivity index (χ1) is 10.4. The number of hydrogen-bond acceptors (Lipinski definition) is 6. The second kappa shape index (κ2) is 6.42. The number of ether oxygens (including phenoxy) is 1. The number of nitro groups is 1. The summed E-state index contributed by atoms with van der Waals surface area (Å²) in [5.41, 5.74) is 5.00. The molecule has 1 fully saturated rings. The van der Waals surface area contributed by atoms with Crippen LogP contribution in [0.5, 0.6) is 0 Å². The molecule has 0 saturated heterocycles. The number of nitrogen functional groups attached to an aromatic ring is 1. The summed E-state index contributed by atoms with van der Waals surface area (Å²) < 4.78 is 4.85. The highest BCUT2D eigenvalue weighted by Gasteiger charge is 2.29. The van der Waals surface area contributed by atoms with Gasteiger partial charge in [-0.25, -0.2) is 4.79 Å². The molecular formula is C14H17N3O5. The molecule has 1 aliphatic carbocycles. The van der Waals surface area contributed by atoms with Crippen molar-refractivity contribution in [3.05, 3.63) is 33.9 Å². The third-order valence-corrected chi connectivity index (χ3v) is 3.51. The summed E-state index contributed by atoms with van der Waals surface area (Å²) in [6.45, 7) is 1.48. The first-order valence-electron chi connectivity index (χ1n) is 6.89. The van der Waals surface area contributed by atoms with Crippen LogP contribution in [0.3, 0.4) is 0 Å². The van der Waals surface area contributed by atoms with Crippen molar-refractivity contribution in [2.24, 2.45) is 5.92 Å². The van der Waals surface area contributed by atoms with Crippen LogP contribution in [0.1, 0.15) is 30.1 Å². The molecule has 8 nitrogen and oxygen atoms in total. The van der Waals surface area contributed by atoms with Crippen molar-refractivity contribution in [2.75, 3.05) is 12.3 Å². The summed E-state index contributed by atoms with van der Waals surface area (Å²) in [6, 6.07) is 3.66. The second-order valence-electron chi connectivity index (χ2n) is 5.30. The number of benzene rings is 1. The van der Waals surface area contributed by atoms with E-state index in [2.05, 4.69) is 5.32 Å². The minimum absolute atomic E-state index is 0.0241. The minimum atomic E-state index is -0.808. The Bertz CT molecular complexity index is 612. The highest BCUT2D eigenvalue weighted by molar-refractivity contribution is 5.92. The molecule has 2 rings (SSSR count). The van der Waals surface area contributed by atoms with Crippen molar-refractivity contribution in [3.8, 4) is 0 Å². The molecule has 8 heteroatoms. The van der Waals surface area contributed by atoms with E-state index in [1.165, 1.54) is 12.1 Å². The topological polar surface area (TPSA) is 125 Å². The van der Waals surface area contributed by atoms with E-state index in [1.807, 2.05) is 6.92 Å². The maximum atomic E-state index is 11.8. The van der Waals surface area contributed by atoms with E-state index in [0.717, 1.165) is 18.9 Å². The minimum Gasteiger partial charge on any atom is -0.452 e. The number of nitrogens with two attached hydrogens (primary N) is 1. The number of nitro benzene ring substituents is 1. The Labute approximate surface area is 126 Å². The number of esters is 1. The van der Waals surface area contributed by atoms with Gasteiger partial charge >= 0.3 is 5.97 Å². The predicted molar refractivity (Wildman–Crippen MR) is 78.1 cm³/mol. The van der Waals surface area contributed by atoms with E-state index in [-0.39, 0.29) is 23.0 Å². The highest BCUT2D eigenvalue weighted by atomic mass is 16.6. The van der Waals surface area contributed by atoms with E-state index >= 15 is 0 Å². The Kier molecular flexibility index (Phi) is 4.59. The fraction of sp³-hybridized carbons (Fsp3) is 0.429. The van der Waals surface area contributed by atoms with Crippen molar-refractivity contribution in [3.63, 3.8) is 0 Å². The zero-order valence-corrected chi connectivity index (χ0v) is 12.1. The second-order valence-corrected chi connectivity index (χ2v) is 5.30. The molecule has 1 aromatic rings. The first-order valence-corrected chi connectivity index (χ1v) is 6.89. The smallest absolute Gasteiger partial charge is 0.338 e. The lowest BCUT2D eigenvalue weighted by molar-refractivity contribution is -0.383. The fourth-order valence-electron chi connectivity index (χ4n) is 2.05. The molecule has 0 bridgehead atoms. The van der Waals surface area contributed by atoms with Crippen LogP contribution in [0, 0.1) is 16.0 Å². The zero-order valence-electron chi connectivity index (χ0n) is 12.1. The molecule has 1 aliphatic rings. The van der Waals surface area contributed by atoms with Gasteiger partial charge in [0.25, 0.3) is 11.6 Å². The van der Waals surface area contributed by atoms with Crippen LogP contribution < -0.4 is 11.1 Å². The summed E-state index contributed by atoms with van der Waals surface area (Å²) in [5.74, 6) is -0.700. The normalized spacial score (nSPS) is 15.0. The van der Waals surface area contributed by atoms with Crippen molar-refractivity contribution < 1.29 is 19.2 Å². The Hall–Kier alpha value is -2.64. The van der Waals surface area contributed by atoms with Gasteiger partial charge in [0.2, 0.25) is 0 Å². The molecule has 3 N–H and O–H groups in total. The van der Waals surface area contributed by atoms with E-state index in [1.54, 1.807) is 0 Å². The third kappa shape index (κ3) is 3.94. The molecule has 1 amide bonds. The van der Waals surface area contributed by atoms with Crippen molar-refractivity contribution in [1.82, 2.24) is 5.32 Å². The van der Waals surface area contributed by atoms with Gasteiger partial charge in [0, 0.05) is 12.1 Å². The predicted octanol–water partition coefficient (Wildman–Crippen LogP) is 1.25. The van der Waals surface area contributed by atoms with Gasteiger partial charge in [-0.3, -0.25) is 14.9 Å². The highest BCUT2D eigenvalue weighted by Crippen LogP contribution is 2.32. The molecule has 0 unspecified atom stereocenters. The van der Waals surface area contributed by atoms with Gasteiger partial charge in [-0.1, -0.05) is 0 Å². The van der Waals surface area contributed by atoms with Gasteiger partial charge in [-0.2, -0.15) is 0 Å². The van der Waals surface area contributed by atoms with Gasteiger partial charge in [0.05, 0.1) is 10.5 Å². The number of carbonyl (C=O) groups excluding carboxylic acids is 2. The number of carbonyl (C=O) groups is 2. The summed E-state index contributed by atoms with van der Waals surface area (Å²) in [4.78, 5) is 33.5. The monoisotopic (exact) mass is 307 g/mol. The summed E-state index contributed by atoms with van der Waals surface area (Å²) in [5, 5.41) is 13.5. The molecule has 0 heterocycles. The van der Waals surface area contributed by atoms with Gasteiger partial charge in [0.1, 0.15) is 5.69 Å². The Morgan fingerprint density at radius 2 is 2.18 bits per heavy atom. The number of nitrogens with one attached hydrogen (secondary N) is 1. The molecule has 118 valence electrons. The van der Waals surface area contributed by atoms with Crippen molar-refractivity contribution >= 4 is 23.3 Å². The van der Waals surface area contributed by atoms with E-state index in [0.29, 0.717) is 5.92 Å². The largest absolute Gasteiger partial charge is 0.452 e. The van der Waals surface area contributed by atoms with Crippen LogP contribution in [0.2, 0.25) is 0 Å². The summed E-state index contributed by atoms with van der Waals surface area (Å²) >= 11 is 0. The lowest BCUT2D eigenvalue weighted by Gasteiger charge is -2.12. The lowest BCUT2D eigenvalue weighted by atomic mass is 10.2.